The van der Waals surface area contributed by atoms with Crippen molar-refractivity contribution in [3.63, 3.8) is 0 Å². The molecule has 0 aliphatic carbocycles. The third-order valence-electron chi connectivity index (χ3n) is 12.9. The molecule has 14 nitrogen and oxygen atoms in total. The molecule has 3 aliphatic heterocycles. The lowest BCUT2D eigenvalue weighted by Gasteiger charge is -2.37. The minimum Gasteiger partial charge on any atom is -0.464 e. The summed E-state index contributed by atoms with van der Waals surface area (Å²) in [4.78, 5) is 77.0. The first-order valence-corrected chi connectivity index (χ1v) is 22.5. The Labute approximate surface area is 376 Å². The number of nitrogens with zero attached hydrogens (tertiary/aromatic N) is 5. The van der Waals surface area contributed by atoms with Gasteiger partial charge in [-0.15, -0.1) is 0 Å². The molecule has 3 aliphatic rings. The summed E-state index contributed by atoms with van der Waals surface area (Å²) in [5.74, 6) is -2.55. The summed E-state index contributed by atoms with van der Waals surface area (Å²) in [6, 6.07) is 15.8. The van der Waals surface area contributed by atoms with Crippen LogP contribution in [0.4, 0.5) is 0 Å². The van der Waals surface area contributed by atoms with E-state index in [1.165, 1.54) is 16.0 Å². The number of ether oxygens (including phenoxy) is 2. The van der Waals surface area contributed by atoms with Gasteiger partial charge in [0.2, 0.25) is 17.7 Å². The Hall–Kier alpha value is -5.86. The van der Waals surface area contributed by atoms with Crippen molar-refractivity contribution in [3.05, 3.63) is 90.3 Å². The first-order chi connectivity index (χ1) is 30.6. The average Bonchev–Trinajstić information content (AvgIpc) is 3.90. The largest absolute Gasteiger partial charge is 0.464 e. The quantitative estimate of drug-likeness (QED) is 0.151. The van der Waals surface area contributed by atoms with Gasteiger partial charge in [-0.3, -0.25) is 34.0 Å². The Morgan fingerprint density at radius 2 is 1.86 bits per heavy atom. The fraction of sp³-hybridized carbons (Fsp3) is 0.480. The van der Waals surface area contributed by atoms with E-state index in [-0.39, 0.29) is 37.3 Å². The molecule has 6 bridgehead atoms. The van der Waals surface area contributed by atoms with Gasteiger partial charge in [0.15, 0.2) is 0 Å². The first kappa shape index (κ1) is 46.1. The summed E-state index contributed by atoms with van der Waals surface area (Å²) in [7, 11) is 3.28. The van der Waals surface area contributed by atoms with Gasteiger partial charge in [-0.25, -0.2) is 5.43 Å². The third-order valence-corrected chi connectivity index (χ3v) is 12.9. The fourth-order valence-electron chi connectivity index (χ4n) is 9.74. The maximum atomic E-state index is 14.7. The summed E-state index contributed by atoms with van der Waals surface area (Å²) in [5, 5.41) is 5.57. The highest BCUT2D eigenvalue weighted by Gasteiger charge is 2.40. The van der Waals surface area contributed by atoms with Gasteiger partial charge < -0.3 is 29.2 Å². The van der Waals surface area contributed by atoms with Crippen molar-refractivity contribution in [2.75, 3.05) is 40.4 Å². The van der Waals surface area contributed by atoms with E-state index >= 15 is 0 Å². The second-order valence-corrected chi connectivity index (χ2v) is 18.6. The summed E-state index contributed by atoms with van der Waals surface area (Å²) >= 11 is 0. The number of fused-ring (bicyclic) bond motifs is 6. The molecule has 2 aromatic heterocycles. The van der Waals surface area contributed by atoms with Crippen molar-refractivity contribution in [1.29, 1.82) is 0 Å². The summed E-state index contributed by atoms with van der Waals surface area (Å²) < 4.78 is 14.0. The van der Waals surface area contributed by atoms with Crippen molar-refractivity contribution >= 4 is 40.5 Å². The van der Waals surface area contributed by atoms with E-state index < -0.39 is 47.2 Å². The Morgan fingerprint density at radius 1 is 1.08 bits per heavy atom. The highest BCUT2D eigenvalue weighted by molar-refractivity contribution is 5.96. The van der Waals surface area contributed by atoms with Gasteiger partial charge in [-0.05, 0) is 91.1 Å². The Morgan fingerprint density at radius 3 is 2.59 bits per heavy atom. The number of aromatic nitrogens is 2. The highest BCUT2D eigenvalue weighted by Crippen LogP contribution is 2.41. The van der Waals surface area contributed by atoms with Gasteiger partial charge >= 0.3 is 5.97 Å². The number of methoxy groups -OCH3 is 1. The number of carbonyl (C=O) groups is 5. The average molecular weight is 874 g/mol. The Bertz CT molecular complexity index is 2420. The number of hydrogen-bond acceptors (Lipinski definition) is 9. The number of cyclic esters (lactones) is 1. The fourth-order valence-corrected chi connectivity index (χ4v) is 9.74. The molecule has 64 heavy (non-hydrogen) atoms. The molecule has 4 amide bonds. The van der Waals surface area contributed by atoms with Crippen LogP contribution in [0.3, 0.4) is 0 Å². The smallest absolute Gasteiger partial charge is 0.324 e. The second-order valence-electron chi connectivity index (χ2n) is 18.6. The molecule has 340 valence electrons. The number of nitrogens with one attached hydrogen (secondary N) is 2. The lowest BCUT2D eigenvalue weighted by Crippen LogP contribution is -2.62. The van der Waals surface area contributed by atoms with Crippen LogP contribution in [0.2, 0.25) is 0 Å². The van der Waals surface area contributed by atoms with Crippen LogP contribution in [0.5, 0.6) is 0 Å². The molecule has 0 saturated carbocycles. The lowest BCUT2D eigenvalue weighted by molar-refractivity contribution is -0.155. The van der Waals surface area contributed by atoms with Crippen LogP contribution >= 0.6 is 0 Å². The molecule has 4 atom stereocenters. The third kappa shape index (κ3) is 9.63. The molecule has 2 saturated heterocycles. The highest BCUT2D eigenvalue weighted by atomic mass is 16.5. The molecule has 0 spiro atoms. The molecule has 4 aromatic rings. The minimum absolute atomic E-state index is 0.140. The number of likely N-dealkylation sites (tertiary alicyclic amines) is 1. The van der Waals surface area contributed by atoms with Crippen LogP contribution in [-0.4, -0.2) is 112 Å². The molecule has 7 rings (SSSR count). The molecule has 14 heteroatoms. The predicted octanol–water partition coefficient (Wildman–Crippen LogP) is 5.70. The number of amides is 4. The first-order valence-electron chi connectivity index (χ1n) is 22.5. The van der Waals surface area contributed by atoms with Crippen molar-refractivity contribution < 1.29 is 33.4 Å². The van der Waals surface area contributed by atoms with Crippen LogP contribution < -0.4 is 10.7 Å². The van der Waals surface area contributed by atoms with Gasteiger partial charge in [0.05, 0.1) is 30.5 Å². The lowest BCUT2D eigenvalue weighted by atomic mass is 9.84. The molecular weight excluding hydrogens is 811 g/mol. The molecule has 2 aromatic carbocycles. The van der Waals surface area contributed by atoms with Gasteiger partial charge in [-0.1, -0.05) is 64.6 Å². The molecule has 0 unspecified atom stereocenters. The van der Waals surface area contributed by atoms with Gasteiger partial charge in [0.1, 0.15) is 18.1 Å². The van der Waals surface area contributed by atoms with Gasteiger partial charge in [0.25, 0.3) is 5.91 Å². The van der Waals surface area contributed by atoms with E-state index in [2.05, 4.69) is 79.1 Å². The van der Waals surface area contributed by atoms with Crippen LogP contribution in [-0.2, 0) is 59.4 Å². The number of esters is 1. The number of carbonyl (C=O) groups excluding carboxylic acids is 5. The molecular formula is C50H63N7O7. The number of pyridine rings is 1. The van der Waals surface area contributed by atoms with E-state index in [4.69, 9.17) is 14.5 Å². The molecule has 0 radical (unpaired) electrons. The van der Waals surface area contributed by atoms with Crippen molar-refractivity contribution in [2.24, 2.45) is 17.3 Å². The summed E-state index contributed by atoms with van der Waals surface area (Å²) in [5.41, 5.74) is 10.5. The summed E-state index contributed by atoms with van der Waals surface area (Å²) in [6.07, 6.45) is 5.27. The second kappa shape index (κ2) is 19.5. The standard InChI is InChI=1S/C50H63N7O7/c1-9-43(58)55-23-20-35(28-55)47(60)54(7)44(31(3)4)46(59)52-40-25-32-14-11-15-33(24-32)34-18-19-42-37(26-34)38(45(56(42)10-2)36-16-12-21-51-41(36)29-63-8)27-50(5,6)30-64-49(62)39-17-13-22-57(53-39)48(40)61/h9,11-12,14-16,18-19,21,24,26,31,35,39-40,44,53H,1,10,13,17,20,22-23,25,27-30H2,2-8H3,(H,52,59)/t35-,39-,40-,44-/m0/s1. The van der Waals surface area contributed by atoms with Crippen LogP contribution in [0.1, 0.15) is 70.7 Å². The Kier molecular flexibility index (Phi) is 14.0. The monoisotopic (exact) mass is 873 g/mol. The molecule has 5 heterocycles. The van der Waals surface area contributed by atoms with Crippen LogP contribution in [0.15, 0.2) is 73.4 Å². The number of benzene rings is 2. The number of aryl methyl sites for hydroxylation is 1. The van der Waals surface area contributed by atoms with Gasteiger partial charge in [0, 0.05) is 74.8 Å². The molecule has 2 fully saturated rings. The van der Waals surface area contributed by atoms with E-state index in [1.54, 1.807) is 25.3 Å². The Balaban J connectivity index is 1.28. The zero-order valence-electron chi connectivity index (χ0n) is 38.3. The van der Waals surface area contributed by atoms with E-state index in [9.17, 15) is 24.0 Å². The zero-order chi connectivity index (χ0) is 45.9. The number of rotatable bonds is 10. The van der Waals surface area contributed by atoms with E-state index in [1.807, 2.05) is 32.0 Å². The number of likely N-dealkylation sites (N-methyl/N-ethyl adjacent to an activating group) is 1. The predicted molar refractivity (Wildman–Crippen MR) is 245 cm³/mol. The number of hydrazine groups is 1. The normalized spacial score (nSPS) is 20.7. The minimum atomic E-state index is -1.05. The topological polar surface area (TPSA) is 155 Å². The van der Waals surface area contributed by atoms with Crippen LogP contribution in [0, 0.1) is 17.3 Å². The zero-order valence-corrected chi connectivity index (χ0v) is 38.3. The van der Waals surface area contributed by atoms with Crippen LogP contribution in [0.25, 0.3) is 33.3 Å². The SMILES string of the molecule is C=CC(=O)N1CC[C@H](C(=O)N(C)[C@H](C(=O)N[C@H]2Cc3cccc(c3)-c3ccc4c(c3)c(c(-c3cccnc3COC)n4CC)CC(C)(C)COC(=O)[C@@H]3CCCN(N3)C2=O)C(C)C)C1. The maximum Gasteiger partial charge on any atom is 0.324 e. The van der Waals surface area contributed by atoms with Crippen molar-refractivity contribution in [1.82, 2.24) is 35.1 Å². The van der Waals surface area contributed by atoms with Gasteiger partial charge in [-0.2, -0.15) is 0 Å². The summed E-state index contributed by atoms with van der Waals surface area (Å²) in [6.45, 7) is 15.8. The molecule has 2 N–H and O–H groups in total. The van der Waals surface area contributed by atoms with Crippen molar-refractivity contribution in [3.8, 4) is 22.4 Å². The van der Waals surface area contributed by atoms with E-state index in [0.29, 0.717) is 51.9 Å². The maximum absolute atomic E-state index is 14.7. The number of hydrogen-bond donors (Lipinski definition) is 2. The van der Waals surface area contributed by atoms with E-state index in [0.717, 1.165) is 50.1 Å². The van der Waals surface area contributed by atoms with Crippen molar-refractivity contribution in [2.45, 2.75) is 98.0 Å².